The predicted octanol–water partition coefficient (Wildman–Crippen LogP) is 2.91. The van der Waals surface area contributed by atoms with Gasteiger partial charge in [0.1, 0.15) is 0 Å². The Labute approximate surface area is 95.4 Å². The van der Waals surface area contributed by atoms with Crippen LogP contribution in [-0.4, -0.2) is 12.2 Å². The SMILES string of the molecule is CC1(C(N)c2ccc(Cl)cc2)CCCO1. The van der Waals surface area contributed by atoms with E-state index in [0.29, 0.717) is 0 Å². The molecule has 0 radical (unpaired) electrons. The van der Waals surface area contributed by atoms with Crippen LogP contribution in [0.2, 0.25) is 5.02 Å². The summed E-state index contributed by atoms with van der Waals surface area (Å²) in [4.78, 5) is 0. The monoisotopic (exact) mass is 225 g/mol. The van der Waals surface area contributed by atoms with Gasteiger partial charge in [-0.2, -0.15) is 0 Å². The van der Waals surface area contributed by atoms with Crippen LogP contribution in [0, 0.1) is 0 Å². The fourth-order valence-corrected chi connectivity index (χ4v) is 2.19. The molecule has 2 nitrogen and oxygen atoms in total. The highest BCUT2D eigenvalue weighted by Gasteiger charge is 2.36. The van der Waals surface area contributed by atoms with Crippen molar-refractivity contribution in [3.05, 3.63) is 34.9 Å². The van der Waals surface area contributed by atoms with Gasteiger partial charge in [0.05, 0.1) is 11.6 Å². The molecular weight excluding hydrogens is 210 g/mol. The molecule has 82 valence electrons. The molecule has 2 atom stereocenters. The summed E-state index contributed by atoms with van der Waals surface area (Å²) in [6, 6.07) is 7.61. The summed E-state index contributed by atoms with van der Waals surface area (Å²) in [5.41, 5.74) is 7.09. The molecule has 0 bridgehead atoms. The second kappa shape index (κ2) is 4.12. The van der Waals surface area contributed by atoms with E-state index in [-0.39, 0.29) is 11.6 Å². The highest BCUT2D eigenvalue weighted by molar-refractivity contribution is 6.30. The van der Waals surface area contributed by atoms with Crippen molar-refractivity contribution in [3.63, 3.8) is 0 Å². The summed E-state index contributed by atoms with van der Waals surface area (Å²) < 4.78 is 5.73. The van der Waals surface area contributed by atoms with Crippen molar-refractivity contribution in [1.82, 2.24) is 0 Å². The molecule has 0 aromatic heterocycles. The maximum absolute atomic E-state index is 6.22. The number of hydrogen-bond acceptors (Lipinski definition) is 2. The van der Waals surface area contributed by atoms with Gasteiger partial charge < -0.3 is 10.5 Å². The van der Waals surface area contributed by atoms with Crippen LogP contribution >= 0.6 is 11.6 Å². The second-order valence-electron chi connectivity index (χ2n) is 4.29. The molecule has 1 aromatic rings. The van der Waals surface area contributed by atoms with Gasteiger partial charge in [-0.1, -0.05) is 23.7 Å². The lowest BCUT2D eigenvalue weighted by Crippen LogP contribution is -2.37. The number of hydrogen-bond donors (Lipinski definition) is 1. The van der Waals surface area contributed by atoms with E-state index in [2.05, 4.69) is 6.92 Å². The summed E-state index contributed by atoms with van der Waals surface area (Å²) in [7, 11) is 0. The molecule has 0 saturated carbocycles. The van der Waals surface area contributed by atoms with Crippen LogP contribution in [-0.2, 0) is 4.74 Å². The van der Waals surface area contributed by atoms with Gasteiger partial charge >= 0.3 is 0 Å². The number of ether oxygens (including phenoxy) is 1. The van der Waals surface area contributed by atoms with Crippen LogP contribution < -0.4 is 5.73 Å². The van der Waals surface area contributed by atoms with E-state index in [1.54, 1.807) is 0 Å². The number of nitrogens with two attached hydrogens (primary N) is 1. The highest BCUT2D eigenvalue weighted by atomic mass is 35.5. The Morgan fingerprint density at radius 3 is 2.60 bits per heavy atom. The Bertz CT molecular complexity index is 330. The lowest BCUT2D eigenvalue weighted by Gasteiger charge is -2.30. The molecular formula is C12H16ClNO. The first-order chi connectivity index (χ1) is 7.12. The van der Waals surface area contributed by atoms with E-state index in [4.69, 9.17) is 22.1 Å². The molecule has 2 unspecified atom stereocenters. The third-order valence-corrected chi connectivity index (χ3v) is 3.39. The lowest BCUT2D eigenvalue weighted by molar-refractivity contribution is -0.00173. The molecule has 15 heavy (non-hydrogen) atoms. The van der Waals surface area contributed by atoms with Gasteiger partial charge in [0.25, 0.3) is 0 Å². The van der Waals surface area contributed by atoms with Gasteiger partial charge in [-0.05, 0) is 37.5 Å². The fourth-order valence-electron chi connectivity index (χ4n) is 2.07. The predicted molar refractivity (Wildman–Crippen MR) is 62.0 cm³/mol. The first kappa shape index (κ1) is 10.9. The summed E-state index contributed by atoms with van der Waals surface area (Å²) in [5.74, 6) is 0. The molecule has 1 saturated heterocycles. The normalized spacial score (nSPS) is 27.9. The molecule has 2 N–H and O–H groups in total. The van der Waals surface area contributed by atoms with Crippen molar-refractivity contribution in [1.29, 1.82) is 0 Å². The largest absolute Gasteiger partial charge is 0.373 e. The molecule has 3 heteroatoms. The van der Waals surface area contributed by atoms with Crippen LogP contribution in [0.4, 0.5) is 0 Å². The van der Waals surface area contributed by atoms with E-state index in [0.717, 1.165) is 30.0 Å². The molecule has 1 aliphatic rings. The molecule has 0 aliphatic carbocycles. The van der Waals surface area contributed by atoms with Crippen molar-refractivity contribution in [2.75, 3.05) is 6.61 Å². The third kappa shape index (κ3) is 2.17. The maximum Gasteiger partial charge on any atom is 0.0847 e. The molecule has 1 fully saturated rings. The van der Waals surface area contributed by atoms with Gasteiger partial charge in [-0.3, -0.25) is 0 Å². The minimum atomic E-state index is -0.214. The number of halogens is 1. The van der Waals surface area contributed by atoms with Crippen LogP contribution in [0.25, 0.3) is 0 Å². The van der Waals surface area contributed by atoms with Crippen molar-refractivity contribution in [2.45, 2.75) is 31.4 Å². The molecule has 0 amide bonds. The van der Waals surface area contributed by atoms with Gasteiger partial charge in [-0.25, -0.2) is 0 Å². The van der Waals surface area contributed by atoms with Gasteiger partial charge in [0, 0.05) is 11.6 Å². The quantitative estimate of drug-likeness (QED) is 0.840. The number of rotatable bonds is 2. The molecule has 1 heterocycles. The first-order valence-electron chi connectivity index (χ1n) is 5.27. The number of benzene rings is 1. The summed E-state index contributed by atoms with van der Waals surface area (Å²) in [6.07, 6.45) is 2.12. The smallest absolute Gasteiger partial charge is 0.0847 e. The fraction of sp³-hybridized carbons (Fsp3) is 0.500. The second-order valence-corrected chi connectivity index (χ2v) is 4.73. The average molecular weight is 226 g/mol. The average Bonchev–Trinajstić information content (AvgIpc) is 2.67. The van der Waals surface area contributed by atoms with Crippen LogP contribution in [0.15, 0.2) is 24.3 Å². The van der Waals surface area contributed by atoms with Crippen LogP contribution in [0.1, 0.15) is 31.4 Å². The Balaban J connectivity index is 2.19. The lowest BCUT2D eigenvalue weighted by atomic mass is 9.88. The summed E-state index contributed by atoms with van der Waals surface area (Å²) in [5, 5.41) is 0.739. The van der Waals surface area contributed by atoms with Crippen LogP contribution in [0.3, 0.4) is 0 Å². The Morgan fingerprint density at radius 2 is 2.07 bits per heavy atom. The first-order valence-corrected chi connectivity index (χ1v) is 5.65. The zero-order valence-electron chi connectivity index (χ0n) is 8.87. The topological polar surface area (TPSA) is 35.2 Å². The van der Waals surface area contributed by atoms with E-state index in [9.17, 15) is 0 Å². The molecule has 0 spiro atoms. The van der Waals surface area contributed by atoms with Crippen molar-refractivity contribution < 1.29 is 4.74 Å². The van der Waals surface area contributed by atoms with Crippen molar-refractivity contribution >= 4 is 11.6 Å². The Morgan fingerprint density at radius 1 is 1.40 bits per heavy atom. The van der Waals surface area contributed by atoms with Gasteiger partial charge in [0.15, 0.2) is 0 Å². The Kier molecular flexibility index (Phi) is 3.01. The van der Waals surface area contributed by atoms with E-state index < -0.39 is 0 Å². The van der Waals surface area contributed by atoms with Crippen molar-refractivity contribution in [3.8, 4) is 0 Å². The van der Waals surface area contributed by atoms with Gasteiger partial charge in [-0.15, -0.1) is 0 Å². The summed E-state index contributed by atoms with van der Waals surface area (Å²) >= 11 is 5.84. The summed E-state index contributed by atoms with van der Waals surface area (Å²) in [6.45, 7) is 2.90. The van der Waals surface area contributed by atoms with Crippen LogP contribution in [0.5, 0.6) is 0 Å². The third-order valence-electron chi connectivity index (χ3n) is 3.14. The zero-order chi connectivity index (χ0) is 10.9. The molecule has 2 rings (SSSR count). The van der Waals surface area contributed by atoms with Gasteiger partial charge in [0.2, 0.25) is 0 Å². The zero-order valence-corrected chi connectivity index (χ0v) is 9.63. The standard InChI is InChI=1S/C12H16ClNO/c1-12(7-2-8-15-12)11(14)9-3-5-10(13)6-4-9/h3-6,11H,2,7-8,14H2,1H3. The van der Waals surface area contributed by atoms with E-state index >= 15 is 0 Å². The molecule has 1 aliphatic heterocycles. The van der Waals surface area contributed by atoms with E-state index in [1.165, 1.54) is 0 Å². The molecule has 1 aromatic carbocycles. The highest BCUT2D eigenvalue weighted by Crippen LogP contribution is 2.35. The minimum absolute atomic E-state index is 0.0720. The van der Waals surface area contributed by atoms with Crippen molar-refractivity contribution in [2.24, 2.45) is 5.73 Å². The van der Waals surface area contributed by atoms with E-state index in [1.807, 2.05) is 24.3 Å². The Hall–Kier alpha value is -0.570. The minimum Gasteiger partial charge on any atom is -0.373 e. The maximum atomic E-state index is 6.22.